The highest BCUT2D eigenvalue weighted by molar-refractivity contribution is 8.00. The molecule has 0 saturated carbocycles. The van der Waals surface area contributed by atoms with Crippen LogP contribution in [0.3, 0.4) is 0 Å². The highest BCUT2D eigenvalue weighted by Crippen LogP contribution is 2.27. The molecule has 2 aromatic heterocycles. The Labute approximate surface area is 183 Å². The Kier molecular flexibility index (Phi) is 5.99. The number of ketones is 1. The Morgan fingerprint density at radius 2 is 1.84 bits per heavy atom. The summed E-state index contributed by atoms with van der Waals surface area (Å²) in [6, 6.07) is 16.5. The summed E-state index contributed by atoms with van der Waals surface area (Å²) >= 11 is 1.34. The van der Waals surface area contributed by atoms with Crippen molar-refractivity contribution < 1.29 is 14.3 Å². The van der Waals surface area contributed by atoms with Crippen LogP contribution < -0.4 is 10.1 Å². The number of nitrogens with zero attached hydrogens (tertiary/aromatic N) is 3. The van der Waals surface area contributed by atoms with Crippen LogP contribution >= 0.6 is 11.8 Å². The molecular weight excluding hydrogens is 412 g/mol. The SMILES string of the molecule is COc1ccc(-c2cc3c(SCC(=O)Nc4ccc(C(C)=O)cc4)nccn3n2)cc1. The molecule has 31 heavy (non-hydrogen) atoms. The maximum absolute atomic E-state index is 12.4. The Morgan fingerprint density at radius 3 is 2.52 bits per heavy atom. The van der Waals surface area contributed by atoms with Crippen molar-refractivity contribution in [3.8, 4) is 17.0 Å². The quantitative estimate of drug-likeness (QED) is 0.345. The van der Waals surface area contributed by atoms with Gasteiger partial charge in [0.1, 0.15) is 10.8 Å². The van der Waals surface area contributed by atoms with Gasteiger partial charge in [-0.2, -0.15) is 5.10 Å². The first-order valence-corrected chi connectivity index (χ1v) is 10.5. The minimum atomic E-state index is -0.153. The number of amides is 1. The van der Waals surface area contributed by atoms with Crippen LogP contribution in [0.2, 0.25) is 0 Å². The summed E-state index contributed by atoms with van der Waals surface area (Å²) in [6.07, 6.45) is 3.45. The minimum absolute atomic E-state index is 0.0117. The summed E-state index contributed by atoms with van der Waals surface area (Å²) < 4.78 is 6.96. The number of anilines is 1. The fourth-order valence-corrected chi connectivity index (χ4v) is 3.81. The lowest BCUT2D eigenvalue weighted by molar-refractivity contribution is -0.113. The van der Waals surface area contributed by atoms with Gasteiger partial charge in [0.2, 0.25) is 5.91 Å². The third-order valence-corrected chi connectivity index (χ3v) is 5.65. The van der Waals surface area contributed by atoms with Crippen LogP contribution in [0.25, 0.3) is 16.8 Å². The van der Waals surface area contributed by atoms with E-state index in [1.807, 2.05) is 30.3 Å². The van der Waals surface area contributed by atoms with Gasteiger partial charge < -0.3 is 10.1 Å². The van der Waals surface area contributed by atoms with Gasteiger partial charge in [-0.05, 0) is 61.5 Å². The first kappa shape index (κ1) is 20.6. The second kappa shape index (κ2) is 9.01. The number of ether oxygens (including phenoxy) is 1. The molecular formula is C23H20N4O3S. The lowest BCUT2D eigenvalue weighted by Gasteiger charge is -2.06. The van der Waals surface area contributed by atoms with E-state index in [-0.39, 0.29) is 17.4 Å². The van der Waals surface area contributed by atoms with Gasteiger partial charge in [-0.1, -0.05) is 11.8 Å². The number of rotatable bonds is 7. The summed E-state index contributed by atoms with van der Waals surface area (Å²) in [7, 11) is 1.63. The first-order chi connectivity index (χ1) is 15.0. The summed E-state index contributed by atoms with van der Waals surface area (Å²) in [4.78, 5) is 28.1. The number of hydrogen-bond donors (Lipinski definition) is 1. The number of carbonyl (C=O) groups excluding carboxylic acids is 2. The zero-order chi connectivity index (χ0) is 21.8. The van der Waals surface area contributed by atoms with Crippen LogP contribution in [0.5, 0.6) is 5.75 Å². The molecule has 0 radical (unpaired) electrons. The molecule has 0 unspecified atom stereocenters. The summed E-state index contributed by atoms with van der Waals surface area (Å²) in [5.41, 5.74) is 3.86. The highest BCUT2D eigenvalue weighted by atomic mass is 32.2. The van der Waals surface area contributed by atoms with Crippen LogP contribution in [0.15, 0.2) is 72.0 Å². The number of aromatic nitrogens is 3. The van der Waals surface area contributed by atoms with Crippen LogP contribution in [0.4, 0.5) is 5.69 Å². The summed E-state index contributed by atoms with van der Waals surface area (Å²) in [5, 5.41) is 8.17. The number of fused-ring (bicyclic) bond motifs is 1. The third-order valence-electron chi connectivity index (χ3n) is 4.66. The molecule has 0 spiro atoms. The molecule has 1 N–H and O–H groups in total. The average molecular weight is 433 g/mol. The van der Waals surface area contributed by atoms with Crippen molar-refractivity contribution in [1.29, 1.82) is 0 Å². The average Bonchev–Trinajstić information content (AvgIpc) is 3.23. The van der Waals surface area contributed by atoms with Gasteiger partial charge in [0, 0.05) is 29.2 Å². The molecule has 2 heterocycles. The largest absolute Gasteiger partial charge is 0.497 e. The van der Waals surface area contributed by atoms with Crippen LogP contribution in [0, 0.1) is 0 Å². The smallest absolute Gasteiger partial charge is 0.234 e. The van der Waals surface area contributed by atoms with E-state index in [0.29, 0.717) is 11.3 Å². The van der Waals surface area contributed by atoms with Crippen molar-refractivity contribution in [3.05, 3.63) is 72.6 Å². The van der Waals surface area contributed by atoms with E-state index in [1.165, 1.54) is 18.7 Å². The van der Waals surface area contributed by atoms with Gasteiger partial charge in [-0.25, -0.2) is 9.50 Å². The normalized spacial score (nSPS) is 10.8. The molecule has 8 heteroatoms. The summed E-state index contributed by atoms with van der Waals surface area (Å²) in [5.74, 6) is 0.818. The van der Waals surface area contributed by atoms with Gasteiger partial charge in [0.05, 0.1) is 24.1 Å². The molecule has 0 bridgehead atoms. The number of hydrogen-bond acceptors (Lipinski definition) is 6. The van der Waals surface area contributed by atoms with E-state index in [1.54, 1.807) is 48.3 Å². The third kappa shape index (κ3) is 4.75. The lowest BCUT2D eigenvalue weighted by atomic mass is 10.1. The Hall–Kier alpha value is -3.65. The highest BCUT2D eigenvalue weighted by Gasteiger charge is 2.12. The molecule has 4 aromatic rings. The van der Waals surface area contributed by atoms with Crippen molar-refractivity contribution in [2.24, 2.45) is 0 Å². The second-order valence-electron chi connectivity index (χ2n) is 6.79. The molecule has 1 amide bonds. The fourth-order valence-electron chi connectivity index (χ4n) is 3.03. The van der Waals surface area contributed by atoms with Crippen molar-refractivity contribution in [2.45, 2.75) is 11.9 Å². The molecule has 0 aliphatic rings. The van der Waals surface area contributed by atoms with Gasteiger partial charge in [0.15, 0.2) is 5.78 Å². The minimum Gasteiger partial charge on any atom is -0.497 e. The summed E-state index contributed by atoms with van der Waals surface area (Å²) in [6.45, 7) is 1.51. The molecule has 156 valence electrons. The Bertz CT molecular complexity index is 1230. The zero-order valence-corrected chi connectivity index (χ0v) is 17.8. The topological polar surface area (TPSA) is 85.6 Å². The second-order valence-corrected chi connectivity index (χ2v) is 7.75. The van der Waals surface area contributed by atoms with Crippen molar-refractivity contribution in [1.82, 2.24) is 14.6 Å². The van der Waals surface area contributed by atoms with Crippen LogP contribution in [-0.2, 0) is 4.79 Å². The van der Waals surface area contributed by atoms with Crippen molar-refractivity contribution >= 4 is 34.7 Å². The van der Waals surface area contributed by atoms with Crippen molar-refractivity contribution in [3.63, 3.8) is 0 Å². The van der Waals surface area contributed by atoms with Crippen molar-refractivity contribution in [2.75, 3.05) is 18.2 Å². The maximum Gasteiger partial charge on any atom is 0.234 e. The van der Waals surface area contributed by atoms with Crippen LogP contribution in [0.1, 0.15) is 17.3 Å². The molecule has 7 nitrogen and oxygen atoms in total. The molecule has 4 rings (SSSR count). The van der Waals surface area contributed by atoms with Gasteiger partial charge in [0.25, 0.3) is 0 Å². The molecule has 0 saturated heterocycles. The van der Waals surface area contributed by atoms with Gasteiger partial charge >= 0.3 is 0 Å². The Morgan fingerprint density at radius 1 is 1.10 bits per heavy atom. The number of Topliss-reactive ketones (excluding diaryl/α,β-unsaturated/α-hetero) is 1. The van der Waals surface area contributed by atoms with Crippen LogP contribution in [-0.4, -0.2) is 39.2 Å². The number of benzene rings is 2. The molecule has 0 atom stereocenters. The predicted octanol–water partition coefficient (Wildman–Crippen LogP) is 4.34. The molecule has 0 fully saturated rings. The number of nitrogens with one attached hydrogen (secondary N) is 1. The van der Waals surface area contributed by atoms with E-state index >= 15 is 0 Å². The zero-order valence-electron chi connectivity index (χ0n) is 17.0. The molecule has 0 aliphatic carbocycles. The first-order valence-electron chi connectivity index (χ1n) is 9.56. The van der Waals surface area contributed by atoms with E-state index in [4.69, 9.17) is 4.74 Å². The predicted molar refractivity (Wildman–Crippen MR) is 121 cm³/mol. The fraction of sp³-hybridized carbons (Fsp3) is 0.130. The van der Waals surface area contributed by atoms with E-state index in [9.17, 15) is 9.59 Å². The maximum atomic E-state index is 12.4. The van der Waals surface area contributed by atoms with E-state index < -0.39 is 0 Å². The van der Waals surface area contributed by atoms with E-state index in [0.717, 1.165) is 27.5 Å². The van der Waals surface area contributed by atoms with E-state index in [2.05, 4.69) is 15.4 Å². The standard InChI is InChI=1S/C23H20N4O3S/c1-15(28)16-3-7-18(8-4-16)25-22(29)14-31-23-21-13-20(26-27(21)12-11-24-23)17-5-9-19(30-2)10-6-17/h3-13H,14H2,1-2H3,(H,25,29). The lowest BCUT2D eigenvalue weighted by Crippen LogP contribution is -2.14. The number of thioether (sulfide) groups is 1. The monoisotopic (exact) mass is 432 g/mol. The van der Waals surface area contributed by atoms with Gasteiger partial charge in [-0.3, -0.25) is 9.59 Å². The molecule has 0 aliphatic heterocycles. The number of carbonyl (C=O) groups is 2. The number of methoxy groups -OCH3 is 1. The Balaban J connectivity index is 1.46. The van der Waals surface area contributed by atoms with Gasteiger partial charge in [-0.15, -0.1) is 0 Å². The molecule has 2 aromatic carbocycles.